The van der Waals surface area contributed by atoms with Gasteiger partial charge in [0.1, 0.15) is 6.10 Å². The molecule has 0 aromatic carbocycles. The van der Waals surface area contributed by atoms with Crippen LogP contribution in [0.5, 0.6) is 0 Å². The van der Waals surface area contributed by atoms with Crippen LogP contribution in [-0.4, -0.2) is 18.0 Å². The second-order valence-electron chi connectivity index (χ2n) is 2.49. The van der Waals surface area contributed by atoms with Crippen molar-refractivity contribution in [3.8, 4) is 0 Å². The highest BCUT2D eigenvalue weighted by Crippen LogP contribution is 2.26. The number of ketones is 1. The SMILES string of the molecule is CCC[C@H]1O[C@@H]1C(C)=O. The monoisotopic (exact) mass is 128 g/mol. The largest absolute Gasteiger partial charge is 0.361 e. The van der Waals surface area contributed by atoms with Crippen molar-refractivity contribution in [1.29, 1.82) is 0 Å². The zero-order valence-electron chi connectivity index (χ0n) is 5.89. The van der Waals surface area contributed by atoms with Crippen LogP contribution in [-0.2, 0) is 9.53 Å². The topological polar surface area (TPSA) is 29.6 Å². The Morgan fingerprint density at radius 2 is 2.33 bits per heavy atom. The maximum absolute atomic E-state index is 10.6. The lowest BCUT2D eigenvalue weighted by Gasteiger charge is -1.84. The van der Waals surface area contributed by atoms with Crippen molar-refractivity contribution in [3.05, 3.63) is 0 Å². The van der Waals surface area contributed by atoms with Crippen LogP contribution in [0.15, 0.2) is 0 Å². The highest BCUT2D eigenvalue weighted by molar-refractivity contribution is 5.83. The second kappa shape index (κ2) is 2.48. The van der Waals surface area contributed by atoms with Gasteiger partial charge in [-0.3, -0.25) is 4.79 Å². The third-order valence-electron chi connectivity index (χ3n) is 1.56. The number of ether oxygens (including phenoxy) is 1. The normalized spacial score (nSPS) is 32.2. The Kier molecular flexibility index (Phi) is 1.86. The summed E-state index contributed by atoms with van der Waals surface area (Å²) in [6, 6.07) is 0. The van der Waals surface area contributed by atoms with Gasteiger partial charge in [0.25, 0.3) is 0 Å². The van der Waals surface area contributed by atoms with E-state index in [2.05, 4.69) is 6.92 Å². The van der Waals surface area contributed by atoms with Crippen molar-refractivity contribution in [2.45, 2.75) is 38.9 Å². The molecule has 1 rings (SSSR count). The van der Waals surface area contributed by atoms with Crippen molar-refractivity contribution >= 4 is 5.78 Å². The van der Waals surface area contributed by atoms with Gasteiger partial charge in [-0.2, -0.15) is 0 Å². The third kappa shape index (κ3) is 1.52. The molecule has 1 saturated heterocycles. The van der Waals surface area contributed by atoms with E-state index in [1.54, 1.807) is 6.92 Å². The fourth-order valence-electron chi connectivity index (χ4n) is 1.00. The Morgan fingerprint density at radius 3 is 2.67 bits per heavy atom. The minimum atomic E-state index is -0.0510. The fourth-order valence-corrected chi connectivity index (χ4v) is 1.00. The van der Waals surface area contributed by atoms with E-state index in [4.69, 9.17) is 4.74 Å². The molecule has 1 heterocycles. The van der Waals surface area contributed by atoms with Gasteiger partial charge in [-0.15, -0.1) is 0 Å². The molecule has 0 bridgehead atoms. The van der Waals surface area contributed by atoms with E-state index < -0.39 is 0 Å². The molecule has 2 nitrogen and oxygen atoms in total. The van der Waals surface area contributed by atoms with E-state index in [9.17, 15) is 4.79 Å². The Hall–Kier alpha value is -0.370. The molecule has 0 amide bonds. The summed E-state index contributed by atoms with van der Waals surface area (Å²) in [6.45, 7) is 3.68. The summed E-state index contributed by atoms with van der Waals surface area (Å²) in [6.07, 6.45) is 2.34. The molecule has 0 aromatic heterocycles. The van der Waals surface area contributed by atoms with Gasteiger partial charge in [0.15, 0.2) is 5.78 Å². The molecule has 1 fully saturated rings. The third-order valence-corrected chi connectivity index (χ3v) is 1.56. The van der Waals surface area contributed by atoms with Crippen LogP contribution in [0.1, 0.15) is 26.7 Å². The summed E-state index contributed by atoms with van der Waals surface area (Å²) in [5, 5.41) is 0. The van der Waals surface area contributed by atoms with Crippen molar-refractivity contribution < 1.29 is 9.53 Å². The maximum Gasteiger partial charge on any atom is 0.161 e. The molecule has 0 radical (unpaired) electrons. The van der Waals surface area contributed by atoms with Gasteiger partial charge in [0, 0.05) is 0 Å². The van der Waals surface area contributed by atoms with Gasteiger partial charge in [-0.25, -0.2) is 0 Å². The van der Waals surface area contributed by atoms with E-state index in [-0.39, 0.29) is 18.0 Å². The Morgan fingerprint density at radius 1 is 1.67 bits per heavy atom. The molecule has 0 unspecified atom stereocenters. The molecule has 0 saturated carbocycles. The molecule has 2 atom stereocenters. The van der Waals surface area contributed by atoms with Crippen LogP contribution < -0.4 is 0 Å². The number of hydrogen-bond donors (Lipinski definition) is 0. The quantitative estimate of drug-likeness (QED) is 0.533. The van der Waals surface area contributed by atoms with Gasteiger partial charge in [0.2, 0.25) is 0 Å². The molecule has 0 aliphatic carbocycles. The van der Waals surface area contributed by atoms with Gasteiger partial charge >= 0.3 is 0 Å². The molecule has 2 heteroatoms. The van der Waals surface area contributed by atoms with Crippen LogP contribution in [0.2, 0.25) is 0 Å². The van der Waals surface area contributed by atoms with Gasteiger partial charge in [0.05, 0.1) is 6.10 Å². The Balaban J connectivity index is 2.17. The molecule has 1 aliphatic rings. The van der Waals surface area contributed by atoms with E-state index in [1.165, 1.54) is 0 Å². The highest BCUT2D eigenvalue weighted by atomic mass is 16.6. The molecule has 0 aromatic rings. The van der Waals surface area contributed by atoms with Crippen LogP contribution in [0.3, 0.4) is 0 Å². The zero-order valence-corrected chi connectivity index (χ0v) is 5.89. The summed E-state index contributed by atoms with van der Waals surface area (Å²) >= 11 is 0. The lowest BCUT2D eigenvalue weighted by molar-refractivity contribution is -0.118. The molecular formula is C7H12O2. The van der Waals surface area contributed by atoms with Crippen molar-refractivity contribution in [2.75, 3.05) is 0 Å². The number of carbonyl (C=O) groups is 1. The lowest BCUT2D eigenvalue weighted by Crippen LogP contribution is -2.03. The first-order valence-corrected chi connectivity index (χ1v) is 3.41. The first kappa shape index (κ1) is 6.75. The number of hydrogen-bond acceptors (Lipinski definition) is 2. The van der Waals surface area contributed by atoms with Crippen LogP contribution in [0.25, 0.3) is 0 Å². The predicted octanol–water partition coefficient (Wildman–Crippen LogP) is 1.14. The number of rotatable bonds is 3. The van der Waals surface area contributed by atoms with Crippen molar-refractivity contribution in [1.82, 2.24) is 0 Å². The van der Waals surface area contributed by atoms with E-state index in [0.29, 0.717) is 0 Å². The van der Waals surface area contributed by atoms with Crippen LogP contribution in [0, 0.1) is 0 Å². The number of carbonyl (C=O) groups excluding carboxylic acids is 1. The Bertz CT molecular complexity index is 120. The van der Waals surface area contributed by atoms with Crippen LogP contribution in [0.4, 0.5) is 0 Å². The maximum atomic E-state index is 10.6. The summed E-state index contributed by atoms with van der Waals surface area (Å²) in [5.41, 5.74) is 0. The van der Waals surface area contributed by atoms with Crippen molar-refractivity contribution in [3.63, 3.8) is 0 Å². The van der Waals surface area contributed by atoms with Gasteiger partial charge in [-0.1, -0.05) is 13.3 Å². The minimum Gasteiger partial charge on any atom is -0.361 e. The predicted molar refractivity (Wildman–Crippen MR) is 34.2 cm³/mol. The van der Waals surface area contributed by atoms with E-state index in [1.807, 2.05) is 0 Å². The zero-order chi connectivity index (χ0) is 6.85. The molecule has 52 valence electrons. The lowest BCUT2D eigenvalue weighted by atomic mass is 10.2. The summed E-state index contributed by atoms with van der Waals surface area (Å²) in [7, 11) is 0. The minimum absolute atomic E-state index is 0.0510. The van der Waals surface area contributed by atoms with Gasteiger partial charge < -0.3 is 4.74 Å². The summed E-state index contributed by atoms with van der Waals surface area (Å²) in [4.78, 5) is 10.6. The first-order chi connectivity index (χ1) is 4.25. The van der Waals surface area contributed by atoms with Gasteiger partial charge in [-0.05, 0) is 13.3 Å². The molecule has 0 N–H and O–H groups in total. The average Bonchev–Trinajstić information content (AvgIpc) is 2.47. The average molecular weight is 128 g/mol. The fraction of sp³-hybridized carbons (Fsp3) is 0.857. The van der Waals surface area contributed by atoms with Crippen molar-refractivity contribution in [2.24, 2.45) is 0 Å². The second-order valence-corrected chi connectivity index (χ2v) is 2.49. The number of Topliss-reactive ketones (excluding diaryl/α,β-unsaturated/α-hetero) is 1. The van der Waals surface area contributed by atoms with Crippen LogP contribution >= 0.6 is 0 Å². The molecule has 9 heavy (non-hydrogen) atoms. The molecular weight excluding hydrogens is 116 g/mol. The highest BCUT2D eigenvalue weighted by Gasteiger charge is 2.41. The summed E-state index contributed by atoms with van der Waals surface area (Å²) in [5.74, 6) is 0.174. The first-order valence-electron chi connectivity index (χ1n) is 3.41. The molecule has 1 aliphatic heterocycles. The smallest absolute Gasteiger partial charge is 0.161 e. The standard InChI is InChI=1S/C7H12O2/c1-3-4-6-7(9-6)5(2)8/h6-7H,3-4H2,1-2H3/t6-,7-/m1/s1. The Labute approximate surface area is 55.2 Å². The molecule has 0 spiro atoms. The van der Waals surface area contributed by atoms with E-state index in [0.717, 1.165) is 12.8 Å². The summed E-state index contributed by atoms with van der Waals surface area (Å²) < 4.78 is 5.07. The number of epoxide rings is 1. The van der Waals surface area contributed by atoms with E-state index >= 15 is 0 Å².